The second-order valence-corrected chi connectivity index (χ2v) is 5.62. The number of hydrogen-bond donors (Lipinski definition) is 0. The molecule has 5 heteroatoms. The number of hydrogen-bond acceptors (Lipinski definition) is 2. The molecule has 0 fully saturated rings. The molecule has 0 unspecified atom stereocenters. The van der Waals surface area contributed by atoms with Crippen molar-refractivity contribution < 1.29 is 13.5 Å². The van der Waals surface area contributed by atoms with Crippen molar-refractivity contribution in [3.63, 3.8) is 0 Å². The van der Waals surface area contributed by atoms with Crippen molar-refractivity contribution in [1.29, 1.82) is 0 Å². The topological polar surface area (TPSA) is 27.1 Å². The SMILES string of the molecule is CC(C)Cn1ncc2cc(Oc3ccc(F)cc3F)ccc21. The molecule has 22 heavy (non-hydrogen) atoms. The molecule has 0 radical (unpaired) electrons. The van der Waals surface area contributed by atoms with E-state index >= 15 is 0 Å². The van der Waals surface area contributed by atoms with E-state index in [1.54, 1.807) is 18.3 Å². The van der Waals surface area contributed by atoms with Gasteiger partial charge < -0.3 is 4.74 Å². The molecule has 114 valence electrons. The molecule has 0 spiro atoms. The van der Waals surface area contributed by atoms with E-state index in [1.165, 1.54) is 6.07 Å². The molecule has 0 amide bonds. The van der Waals surface area contributed by atoms with E-state index in [4.69, 9.17) is 4.74 Å². The molecule has 0 aliphatic heterocycles. The molecule has 1 aromatic heterocycles. The van der Waals surface area contributed by atoms with Crippen LogP contribution in [0.3, 0.4) is 0 Å². The summed E-state index contributed by atoms with van der Waals surface area (Å²) in [5, 5.41) is 5.27. The number of nitrogens with zero attached hydrogens (tertiary/aromatic N) is 2. The third kappa shape index (κ3) is 2.93. The number of aromatic nitrogens is 2. The minimum absolute atomic E-state index is 0.00433. The Morgan fingerprint density at radius 3 is 2.68 bits per heavy atom. The maximum Gasteiger partial charge on any atom is 0.168 e. The van der Waals surface area contributed by atoms with Crippen LogP contribution in [-0.4, -0.2) is 9.78 Å². The Labute approximate surface area is 127 Å². The molecule has 2 aromatic carbocycles. The van der Waals surface area contributed by atoms with Crippen molar-refractivity contribution in [2.75, 3.05) is 0 Å². The second kappa shape index (κ2) is 5.75. The van der Waals surface area contributed by atoms with Crippen LogP contribution in [0.2, 0.25) is 0 Å². The molecule has 0 aliphatic carbocycles. The summed E-state index contributed by atoms with van der Waals surface area (Å²) in [6.45, 7) is 5.08. The monoisotopic (exact) mass is 302 g/mol. The lowest BCUT2D eigenvalue weighted by atomic mass is 10.2. The first-order chi connectivity index (χ1) is 10.5. The first kappa shape index (κ1) is 14.5. The predicted molar refractivity (Wildman–Crippen MR) is 81.0 cm³/mol. The summed E-state index contributed by atoms with van der Waals surface area (Å²) < 4.78 is 33.9. The maximum absolute atomic E-state index is 13.6. The van der Waals surface area contributed by atoms with Gasteiger partial charge in [0.2, 0.25) is 0 Å². The van der Waals surface area contributed by atoms with E-state index in [0.29, 0.717) is 11.7 Å². The van der Waals surface area contributed by atoms with Gasteiger partial charge in [-0.05, 0) is 36.2 Å². The van der Waals surface area contributed by atoms with E-state index in [0.717, 1.165) is 29.6 Å². The number of benzene rings is 2. The summed E-state index contributed by atoms with van der Waals surface area (Å²) in [4.78, 5) is 0. The van der Waals surface area contributed by atoms with Gasteiger partial charge in [-0.1, -0.05) is 13.8 Å². The molecule has 0 N–H and O–H groups in total. The van der Waals surface area contributed by atoms with E-state index in [-0.39, 0.29) is 5.75 Å². The minimum atomic E-state index is -0.726. The van der Waals surface area contributed by atoms with Crippen LogP contribution >= 0.6 is 0 Å². The van der Waals surface area contributed by atoms with Crippen molar-refractivity contribution in [2.45, 2.75) is 20.4 Å². The highest BCUT2D eigenvalue weighted by molar-refractivity contribution is 5.80. The molecular weight excluding hydrogens is 286 g/mol. The van der Waals surface area contributed by atoms with Gasteiger partial charge in [0.05, 0.1) is 11.7 Å². The van der Waals surface area contributed by atoms with E-state index in [9.17, 15) is 8.78 Å². The quantitative estimate of drug-likeness (QED) is 0.694. The van der Waals surface area contributed by atoms with E-state index in [1.807, 2.05) is 10.7 Å². The Kier molecular flexibility index (Phi) is 3.79. The summed E-state index contributed by atoms with van der Waals surface area (Å²) in [6.07, 6.45) is 1.76. The zero-order chi connectivity index (χ0) is 15.7. The highest BCUT2D eigenvalue weighted by Crippen LogP contribution is 2.28. The van der Waals surface area contributed by atoms with Crippen LogP contribution in [0.25, 0.3) is 10.9 Å². The second-order valence-electron chi connectivity index (χ2n) is 5.62. The fourth-order valence-corrected chi connectivity index (χ4v) is 2.30. The first-order valence-corrected chi connectivity index (χ1v) is 7.11. The van der Waals surface area contributed by atoms with Gasteiger partial charge in [0, 0.05) is 18.0 Å². The molecular formula is C17H16F2N2O. The van der Waals surface area contributed by atoms with Gasteiger partial charge in [-0.2, -0.15) is 5.10 Å². The van der Waals surface area contributed by atoms with Crippen LogP contribution < -0.4 is 4.74 Å². The highest BCUT2D eigenvalue weighted by atomic mass is 19.1. The Morgan fingerprint density at radius 2 is 1.95 bits per heavy atom. The lowest BCUT2D eigenvalue weighted by molar-refractivity contribution is 0.438. The van der Waals surface area contributed by atoms with Crippen LogP contribution in [-0.2, 0) is 6.54 Å². The average Bonchev–Trinajstić information content (AvgIpc) is 2.84. The van der Waals surface area contributed by atoms with E-state index in [2.05, 4.69) is 18.9 Å². The first-order valence-electron chi connectivity index (χ1n) is 7.11. The normalized spacial score (nSPS) is 11.3. The zero-order valence-electron chi connectivity index (χ0n) is 12.4. The van der Waals surface area contributed by atoms with Crippen LogP contribution in [0, 0.1) is 17.6 Å². The summed E-state index contributed by atoms with van der Waals surface area (Å²) >= 11 is 0. The largest absolute Gasteiger partial charge is 0.454 e. The van der Waals surface area contributed by atoms with Crippen molar-refractivity contribution in [3.05, 3.63) is 54.2 Å². The number of rotatable bonds is 4. The van der Waals surface area contributed by atoms with Crippen LogP contribution in [0.4, 0.5) is 8.78 Å². The molecule has 0 saturated carbocycles. The molecule has 0 aliphatic rings. The van der Waals surface area contributed by atoms with Gasteiger partial charge in [-0.3, -0.25) is 4.68 Å². The molecule has 3 rings (SSSR count). The van der Waals surface area contributed by atoms with Gasteiger partial charge in [-0.15, -0.1) is 0 Å². The molecule has 0 saturated heterocycles. The van der Waals surface area contributed by atoms with Crippen LogP contribution in [0.15, 0.2) is 42.6 Å². The summed E-state index contributed by atoms with van der Waals surface area (Å²) in [7, 11) is 0. The number of halogens is 2. The predicted octanol–water partition coefficient (Wildman–Crippen LogP) is 4.76. The lowest BCUT2D eigenvalue weighted by Crippen LogP contribution is -2.05. The maximum atomic E-state index is 13.6. The zero-order valence-corrected chi connectivity index (χ0v) is 12.4. The van der Waals surface area contributed by atoms with Gasteiger partial charge >= 0.3 is 0 Å². The lowest BCUT2D eigenvalue weighted by Gasteiger charge is -2.08. The van der Waals surface area contributed by atoms with Crippen molar-refractivity contribution in [3.8, 4) is 11.5 Å². The molecule has 0 atom stereocenters. The molecule has 0 bridgehead atoms. The summed E-state index contributed by atoms with van der Waals surface area (Å²) in [5.74, 6) is -0.379. The average molecular weight is 302 g/mol. The van der Waals surface area contributed by atoms with Gasteiger partial charge in [-0.25, -0.2) is 8.78 Å². The third-order valence-electron chi connectivity index (χ3n) is 3.27. The van der Waals surface area contributed by atoms with Crippen molar-refractivity contribution in [1.82, 2.24) is 9.78 Å². The fourth-order valence-electron chi connectivity index (χ4n) is 2.30. The fraction of sp³-hybridized carbons (Fsp3) is 0.235. The summed E-state index contributed by atoms with van der Waals surface area (Å²) in [6, 6.07) is 8.68. The Balaban J connectivity index is 1.89. The molecule has 3 aromatic rings. The Morgan fingerprint density at radius 1 is 1.14 bits per heavy atom. The Bertz CT molecular complexity index is 812. The van der Waals surface area contributed by atoms with Crippen molar-refractivity contribution in [2.24, 2.45) is 5.92 Å². The van der Waals surface area contributed by atoms with Crippen LogP contribution in [0.5, 0.6) is 11.5 Å². The highest BCUT2D eigenvalue weighted by Gasteiger charge is 2.09. The van der Waals surface area contributed by atoms with Crippen molar-refractivity contribution >= 4 is 10.9 Å². The van der Waals surface area contributed by atoms with Gasteiger partial charge in [0.15, 0.2) is 11.6 Å². The summed E-state index contributed by atoms with van der Waals surface area (Å²) in [5.41, 5.74) is 1.00. The number of fused-ring (bicyclic) bond motifs is 1. The van der Waals surface area contributed by atoms with E-state index < -0.39 is 11.6 Å². The Hall–Kier alpha value is -2.43. The molecule has 3 nitrogen and oxygen atoms in total. The number of ether oxygens (including phenoxy) is 1. The smallest absolute Gasteiger partial charge is 0.168 e. The standard InChI is InChI=1S/C17H16F2N2O/c1-11(2)10-21-16-5-4-14(7-12(16)9-20-21)22-17-6-3-13(18)8-15(17)19/h3-9,11H,10H2,1-2H3. The van der Waals surface area contributed by atoms with Crippen LogP contribution in [0.1, 0.15) is 13.8 Å². The third-order valence-corrected chi connectivity index (χ3v) is 3.27. The van der Waals surface area contributed by atoms with Gasteiger partial charge in [0.1, 0.15) is 11.6 Å². The van der Waals surface area contributed by atoms with Gasteiger partial charge in [0.25, 0.3) is 0 Å². The minimum Gasteiger partial charge on any atom is -0.454 e. The molecule has 1 heterocycles.